The second-order valence-electron chi connectivity index (χ2n) is 4.88. The van der Waals surface area contributed by atoms with Crippen LogP contribution in [0.5, 0.6) is 0 Å². The highest BCUT2D eigenvalue weighted by atomic mass is 127. The summed E-state index contributed by atoms with van der Waals surface area (Å²) >= 11 is 2.26. The van der Waals surface area contributed by atoms with Crippen molar-refractivity contribution in [1.82, 2.24) is 14.8 Å². The summed E-state index contributed by atoms with van der Waals surface area (Å²) in [7, 11) is 0. The molecule has 2 rings (SSSR count). The van der Waals surface area contributed by atoms with Gasteiger partial charge in [0, 0.05) is 12.7 Å². The number of rotatable bonds is 1. The quantitative estimate of drug-likeness (QED) is 0.757. The van der Waals surface area contributed by atoms with E-state index < -0.39 is 0 Å². The predicted molar refractivity (Wildman–Crippen MR) is 69.7 cm³/mol. The van der Waals surface area contributed by atoms with Gasteiger partial charge >= 0.3 is 0 Å². The van der Waals surface area contributed by atoms with Gasteiger partial charge in [0.2, 0.25) is 0 Å². The van der Waals surface area contributed by atoms with E-state index in [1.807, 2.05) is 16.9 Å². The number of halogens is 1. The Hall–Kier alpha value is -0.650. The third kappa shape index (κ3) is 2.30. The van der Waals surface area contributed by atoms with Gasteiger partial charge < -0.3 is 0 Å². The molecule has 80 valence electrons. The fourth-order valence-corrected chi connectivity index (χ4v) is 2.21. The maximum absolute atomic E-state index is 4.52. The molecule has 0 saturated carbocycles. The van der Waals surface area contributed by atoms with Crippen LogP contribution in [-0.2, 0) is 6.54 Å². The third-order valence-corrected chi connectivity index (χ3v) is 2.88. The summed E-state index contributed by atoms with van der Waals surface area (Å²) in [6, 6.07) is 4.02. The van der Waals surface area contributed by atoms with E-state index in [1.165, 1.54) is 0 Å². The lowest BCUT2D eigenvalue weighted by molar-refractivity contribution is 0.329. The van der Waals surface area contributed by atoms with Crippen LogP contribution in [0.4, 0.5) is 0 Å². The van der Waals surface area contributed by atoms with Crippen molar-refractivity contribution in [2.45, 2.75) is 27.3 Å². The predicted octanol–water partition coefficient (Wildman–Crippen LogP) is 3.08. The number of nitrogens with zero attached hydrogens (tertiary/aromatic N) is 3. The molecule has 0 N–H and O–H groups in total. The Morgan fingerprint density at radius 1 is 1.40 bits per heavy atom. The first kappa shape index (κ1) is 10.9. The van der Waals surface area contributed by atoms with E-state index in [9.17, 15) is 0 Å². The number of hydrogen-bond acceptors (Lipinski definition) is 2. The third-order valence-electron chi connectivity index (χ3n) is 2.09. The molecular formula is C11H14IN3. The molecule has 0 saturated heterocycles. The molecule has 0 spiro atoms. The average Bonchev–Trinajstić information content (AvgIpc) is 2.42. The minimum atomic E-state index is 0.222. The van der Waals surface area contributed by atoms with Gasteiger partial charge in [0.15, 0.2) is 5.65 Å². The van der Waals surface area contributed by atoms with Crippen molar-refractivity contribution in [3.63, 3.8) is 0 Å². The monoisotopic (exact) mass is 315 g/mol. The van der Waals surface area contributed by atoms with E-state index in [0.29, 0.717) is 0 Å². The zero-order valence-electron chi connectivity index (χ0n) is 9.16. The van der Waals surface area contributed by atoms with Gasteiger partial charge in [-0.2, -0.15) is 5.10 Å². The van der Waals surface area contributed by atoms with Gasteiger partial charge in [-0.05, 0) is 40.1 Å². The first-order valence-corrected chi connectivity index (χ1v) is 6.02. The van der Waals surface area contributed by atoms with Crippen LogP contribution in [0.3, 0.4) is 0 Å². The molecule has 2 aromatic rings. The Morgan fingerprint density at radius 3 is 2.80 bits per heavy atom. The molecule has 0 atom stereocenters. The van der Waals surface area contributed by atoms with Gasteiger partial charge in [-0.15, -0.1) is 0 Å². The molecule has 3 nitrogen and oxygen atoms in total. The van der Waals surface area contributed by atoms with Crippen molar-refractivity contribution in [2.24, 2.45) is 5.41 Å². The van der Waals surface area contributed by atoms with Crippen LogP contribution in [0.25, 0.3) is 11.0 Å². The van der Waals surface area contributed by atoms with Crippen LogP contribution in [0.15, 0.2) is 18.3 Å². The molecule has 0 amide bonds. The van der Waals surface area contributed by atoms with Crippen LogP contribution in [-0.4, -0.2) is 14.8 Å². The molecule has 0 aromatic carbocycles. The molecule has 4 heteroatoms. The van der Waals surface area contributed by atoms with Crippen LogP contribution >= 0.6 is 22.6 Å². The Kier molecular flexibility index (Phi) is 2.70. The number of pyridine rings is 1. The van der Waals surface area contributed by atoms with E-state index in [4.69, 9.17) is 0 Å². The van der Waals surface area contributed by atoms with Crippen LogP contribution < -0.4 is 0 Å². The van der Waals surface area contributed by atoms with Crippen molar-refractivity contribution in [3.8, 4) is 0 Å². The fourth-order valence-electron chi connectivity index (χ4n) is 1.53. The van der Waals surface area contributed by atoms with Crippen molar-refractivity contribution < 1.29 is 0 Å². The lowest BCUT2D eigenvalue weighted by Gasteiger charge is -2.17. The standard InChI is InChI=1S/C11H14IN3/c1-11(2,3)7-15-10-8(9(12)14-15)5-4-6-13-10/h4-6H,7H2,1-3H3. The molecule has 2 heterocycles. The van der Waals surface area contributed by atoms with E-state index in [-0.39, 0.29) is 5.41 Å². The second kappa shape index (κ2) is 3.73. The van der Waals surface area contributed by atoms with Crippen molar-refractivity contribution in [3.05, 3.63) is 22.0 Å². The van der Waals surface area contributed by atoms with Gasteiger partial charge in [-0.3, -0.25) is 0 Å². The van der Waals surface area contributed by atoms with Gasteiger partial charge in [-0.1, -0.05) is 20.8 Å². The van der Waals surface area contributed by atoms with Gasteiger partial charge in [0.1, 0.15) is 3.70 Å². The molecule has 0 unspecified atom stereocenters. The smallest absolute Gasteiger partial charge is 0.158 e. The maximum atomic E-state index is 4.52. The molecular weight excluding hydrogens is 301 g/mol. The highest BCUT2D eigenvalue weighted by molar-refractivity contribution is 14.1. The molecule has 0 fully saturated rings. The van der Waals surface area contributed by atoms with Crippen LogP contribution in [0.1, 0.15) is 20.8 Å². The Balaban J connectivity index is 2.53. The summed E-state index contributed by atoms with van der Waals surface area (Å²) in [5.41, 5.74) is 1.20. The molecule has 0 aliphatic rings. The lowest BCUT2D eigenvalue weighted by Crippen LogP contribution is -2.16. The second-order valence-corrected chi connectivity index (χ2v) is 5.91. The molecule has 15 heavy (non-hydrogen) atoms. The number of aromatic nitrogens is 3. The molecule has 0 radical (unpaired) electrons. The Labute approximate surface area is 103 Å². The molecule has 2 aromatic heterocycles. The SMILES string of the molecule is CC(C)(C)Cn1nc(I)c2cccnc21. The first-order chi connectivity index (χ1) is 6.97. The average molecular weight is 315 g/mol. The largest absolute Gasteiger partial charge is 0.246 e. The summed E-state index contributed by atoms with van der Waals surface area (Å²) < 4.78 is 3.02. The maximum Gasteiger partial charge on any atom is 0.158 e. The van der Waals surface area contributed by atoms with E-state index >= 15 is 0 Å². The zero-order chi connectivity index (χ0) is 11.1. The van der Waals surface area contributed by atoms with Crippen LogP contribution in [0, 0.1) is 9.12 Å². The fraction of sp³-hybridized carbons (Fsp3) is 0.455. The minimum Gasteiger partial charge on any atom is -0.246 e. The van der Waals surface area contributed by atoms with Crippen molar-refractivity contribution in [2.75, 3.05) is 0 Å². The summed E-state index contributed by atoms with van der Waals surface area (Å²) in [6.07, 6.45) is 1.82. The topological polar surface area (TPSA) is 30.7 Å². The Bertz CT molecular complexity index is 482. The van der Waals surface area contributed by atoms with Gasteiger partial charge in [0.25, 0.3) is 0 Å². The first-order valence-electron chi connectivity index (χ1n) is 4.94. The normalized spacial score (nSPS) is 12.3. The molecule has 0 aliphatic heterocycles. The van der Waals surface area contributed by atoms with Crippen LogP contribution in [0.2, 0.25) is 0 Å². The minimum absolute atomic E-state index is 0.222. The van der Waals surface area contributed by atoms with Gasteiger partial charge in [-0.25, -0.2) is 9.67 Å². The number of hydrogen-bond donors (Lipinski definition) is 0. The molecule has 0 aliphatic carbocycles. The molecule has 0 bridgehead atoms. The highest BCUT2D eigenvalue weighted by Crippen LogP contribution is 2.22. The highest BCUT2D eigenvalue weighted by Gasteiger charge is 2.16. The van der Waals surface area contributed by atoms with E-state index in [2.05, 4.69) is 59.5 Å². The summed E-state index contributed by atoms with van der Waals surface area (Å²) in [5, 5.41) is 5.66. The van der Waals surface area contributed by atoms with Crippen molar-refractivity contribution >= 4 is 33.6 Å². The zero-order valence-corrected chi connectivity index (χ0v) is 11.3. The van der Waals surface area contributed by atoms with Crippen molar-refractivity contribution in [1.29, 1.82) is 0 Å². The van der Waals surface area contributed by atoms with E-state index in [1.54, 1.807) is 0 Å². The number of fused-ring (bicyclic) bond motifs is 1. The summed E-state index contributed by atoms with van der Waals surface area (Å²) in [5.74, 6) is 0. The van der Waals surface area contributed by atoms with E-state index in [0.717, 1.165) is 21.3 Å². The summed E-state index contributed by atoms with van der Waals surface area (Å²) in [6.45, 7) is 7.51. The Morgan fingerprint density at radius 2 is 2.13 bits per heavy atom. The van der Waals surface area contributed by atoms with Gasteiger partial charge in [0.05, 0.1) is 5.39 Å². The lowest BCUT2D eigenvalue weighted by atomic mass is 9.97. The summed E-state index contributed by atoms with van der Waals surface area (Å²) in [4.78, 5) is 4.38.